The normalized spacial score (nSPS) is 11.8. The van der Waals surface area contributed by atoms with Gasteiger partial charge in [0.1, 0.15) is 17.1 Å². The molecule has 4 nitrogen and oxygen atoms in total. The van der Waals surface area contributed by atoms with Crippen molar-refractivity contribution in [3.8, 4) is 28.0 Å². The summed E-state index contributed by atoms with van der Waals surface area (Å²) in [5, 5.41) is 1.16. The van der Waals surface area contributed by atoms with Crippen LogP contribution in [0.25, 0.3) is 33.2 Å². The van der Waals surface area contributed by atoms with Gasteiger partial charge < -0.3 is 13.9 Å². The molecule has 0 radical (unpaired) electrons. The standard InChI is InChI=1S/C34H32O4/c1-3-4-13-31-33(29-12-8-9-14-30(29)38-31)27-17-15-25(16-18-27)26-19-21-28(22-20-26)37-32(34(35)36-2)23-24-10-6-5-7-11-24/h5-12,14-22,32H,3-4,13,23H2,1-2H3. The van der Waals surface area contributed by atoms with Gasteiger partial charge in [-0.2, -0.15) is 0 Å². The first-order chi connectivity index (χ1) is 18.7. The van der Waals surface area contributed by atoms with Gasteiger partial charge in [-0.1, -0.05) is 98.3 Å². The number of carbonyl (C=O) groups is 1. The summed E-state index contributed by atoms with van der Waals surface area (Å²) in [6, 6.07) is 34.5. The van der Waals surface area contributed by atoms with Crippen molar-refractivity contribution < 1.29 is 18.7 Å². The topological polar surface area (TPSA) is 48.7 Å². The van der Waals surface area contributed by atoms with E-state index in [-0.39, 0.29) is 0 Å². The van der Waals surface area contributed by atoms with E-state index < -0.39 is 12.1 Å². The van der Waals surface area contributed by atoms with Gasteiger partial charge in [0, 0.05) is 23.8 Å². The summed E-state index contributed by atoms with van der Waals surface area (Å²) in [6.07, 6.45) is 2.89. The highest BCUT2D eigenvalue weighted by molar-refractivity contribution is 5.96. The molecule has 0 aliphatic rings. The summed E-state index contributed by atoms with van der Waals surface area (Å²) < 4.78 is 17.2. The maximum atomic E-state index is 12.3. The quantitative estimate of drug-likeness (QED) is 0.180. The van der Waals surface area contributed by atoms with Crippen molar-refractivity contribution in [2.75, 3.05) is 7.11 Å². The van der Waals surface area contributed by atoms with E-state index in [0.29, 0.717) is 12.2 Å². The lowest BCUT2D eigenvalue weighted by atomic mass is 9.97. The Kier molecular flexibility index (Phi) is 7.89. The third-order valence-electron chi connectivity index (χ3n) is 6.79. The zero-order chi connectivity index (χ0) is 26.3. The van der Waals surface area contributed by atoms with Crippen molar-refractivity contribution in [3.63, 3.8) is 0 Å². The van der Waals surface area contributed by atoms with Crippen LogP contribution in [0, 0.1) is 0 Å². The molecule has 1 unspecified atom stereocenters. The Morgan fingerprint density at radius 1 is 0.789 bits per heavy atom. The second kappa shape index (κ2) is 11.8. The van der Waals surface area contributed by atoms with E-state index >= 15 is 0 Å². The van der Waals surface area contributed by atoms with Crippen LogP contribution >= 0.6 is 0 Å². The van der Waals surface area contributed by atoms with E-state index in [0.717, 1.165) is 58.2 Å². The third kappa shape index (κ3) is 5.65. The van der Waals surface area contributed by atoms with Crippen molar-refractivity contribution >= 4 is 16.9 Å². The number of benzene rings is 4. The SMILES string of the molecule is CCCCc1oc2ccccc2c1-c1ccc(-c2ccc(OC(Cc3ccccc3)C(=O)OC)cc2)cc1. The molecule has 38 heavy (non-hydrogen) atoms. The van der Waals surface area contributed by atoms with Crippen molar-refractivity contribution in [2.24, 2.45) is 0 Å². The molecular formula is C34H32O4. The zero-order valence-electron chi connectivity index (χ0n) is 21.9. The first kappa shape index (κ1) is 25.3. The molecule has 1 heterocycles. The highest BCUT2D eigenvalue weighted by Crippen LogP contribution is 2.36. The Balaban J connectivity index is 1.34. The molecule has 1 atom stereocenters. The number of rotatable bonds is 10. The summed E-state index contributed by atoms with van der Waals surface area (Å²) in [5.74, 6) is 1.29. The maximum Gasteiger partial charge on any atom is 0.347 e. The minimum Gasteiger partial charge on any atom is -0.478 e. The fourth-order valence-electron chi connectivity index (χ4n) is 4.78. The number of fused-ring (bicyclic) bond motifs is 1. The number of hydrogen-bond donors (Lipinski definition) is 0. The van der Waals surface area contributed by atoms with Crippen LogP contribution in [0.3, 0.4) is 0 Å². The van der Waals surface area contributed by atoms with Crippen LogP contribution in [0.2, 0.25) is 0 Å². The highest BCUT2D eigenvalue weighted by Gasteiger charge is 2.22. The fourth-order valence-corrected chi connectivity index (χ4v) is 4.78. The van der Waals surface area contributed by atoms with Gasteiger partial charge in [0.25, 0.3) is 0 Å². The second-order valence-electron chi connectivity index (χ2n) is 9.42. The molecule has 0 fully saturated rings. The number of para-hydroxylation sites is 1. The smallest absolute Gasteiger partial charge is 0.347 e. The lowest BCUT2D eigenvalue weighted by molar-refractivity contribution is -0.148. The number of unbranched alkanes of at least 4 members (excludes halogenated alkanes) is 1. The van der Waals surface area contributed by atoms with Gasteiger partial charge >= 0.3 is 5.97 Å². The summed E-state index contributed by atoms with van der Waals surface area (Å²) in [7, 11) is 1.38. The zero-order valence-corrected chi connectivity index (χ0v) is 21.9. The predicted molar refractivity (Wildman–Crippen MR) is 152 cm³/mol. The fraction of sp³-hybridized carbons (Fsp3) is 0.206. The number of carbonyl (C=O) groups excluding carboxylic acids is 1. The van der Waals surface area contributed by atoms with E-state index in [9.17, 15) is 4.79 Å². The molecule has 0 N–H and O–H groups in total. The second-order valence-corrected chi connectivity index (χ2v) is 9.42. The number of methoxy groups -OCH3 is 1. The lowest BCUT2D eigenvalue weighted by Gasteiger charge is -2.17. The number of aryl methyl sites for hydroxylation is 1. The molecule has 192 valence electrons. The molecule has 0 saturated heterocycles. The van der Waals surface area contributed by atoms with Crippen LogP contribution in [-0.4, -0.2) is 19.2 Å². The third-order valence-corrected chi connectivity index (χ3v) is 6.79. The Bertz CT molecular complexity index is 1480. The van der Waals surface area contributed by atoms with Crippen LogP contribution in [0.15, 0.2) is 108 Å². The molecule has 1 aromatic heterocycles. The van der Waals surface area contributed by atoms with Crippen LogP contribution in [-0.2, 0) is 22.4 Å². The van der Waals surface area contributed by atoms with Crippen LogP contribution in [0.5, 0.6) is 5.75 Å². The molecule has 0 spiro atoms. The monoisotopic (exact) mass is 504 g/mol. The van der Waals surface area contributed by atoms with Crippen LogP contribution < -0.4 is 4.74 Å². The summed E-state index contributed by atoms with van der Waals surface area (Å²) in [5.41, 5.74) is 6.48. The van der Waals surface area contributed by atoms with Crippen molar-refractivity contribution in [2.45, 2.75) is 38.7 Å². The first-order valence-electron chi connectivity index (χ1n) is 13.2. The van der Waals surface area contributed by atoms with Gasteiger partial charge in [0.15, 0.2) is 6.10 Å². The Morgan fingerprint density at radius 3 is 2.11 bits per heavy atom. The molecule has 0 aliphatic carbocycles. The van der Waals surface area contributed by atoms with Crippen LogP contribution in [0.1, 0.15) is 31.1 Å². The van der Waals surface area contributed by atoms with E-state index in [2.05, 4.69) is 43.3 Å². The molecule has 0 amide bonds. The predicted octanol–water partition coefficient (Wildman–Crippen LogP) is 8.27. The maximum absolute atomic E-state index is 12.3. The summed E-state index contributed by atoms with van der Waals surface area (Å²) in [6.45, 7) is 2.20. The Morgan fingerprint density at radius 2 is 1.42 bits per heavy atom. The van der Waals surface area contributed by atoms with Gasteiger partial charge in [-0.15, -0.1) is 0 Å². The van der Waals surface area contributed by atoms with Crippen molar-refractivity contribution in [1.82, 2.24) is 0 Å². The molecule has 0 bridgehead atoms. The van der Waals surface area contributed by atoms with Gasteiger partial charge in [-0.25, -0.2) is 4.79 Å². The Labute approximate surface area is 223 Å². The average molecular weight is 505 g/mol. The molecule has 5 aromatic rings. The van der Waals surface area contributed by atoms with Gasteiger partial charge in [-0.3, -0.25) is 0 Å². The Hall–Kier alpha value is -4.31. The van der Waals surface area contributed by atoms with E-state index in [1.165, 1.54) is 12.7 Å². The largest absolute Gasteiger partial charge is 0.478 e. The van der Waals surface area contributed by atoms with E-state index in [1.54, 1.807) is 0 Å². The molecule has 5 rings (SSSR count). The van der Waals surface area contributed by atoms with Crippen molar-refractivity contribution in [3.05, 3.63) is 114 Å². The lowest BCUT2D eigenvalue weighted by Crippen LogP contribution is -2.30. The number of furan rings is 1. The summed E-state index contributed by atoms with van der Waals surface area (Å²) in [4.78, 5) is 12.3. The summed E-state index contributed by atoms with van der Waals surface area (Å²) >= 11 is 0. The number of esters is 1. The highest BCUT2D eigenvalue weighted by atomic mass is 16.6. The molecule has 4 heteroatoms. The van der Waals surface area contributed by atoms with Crippen LogP contribution in [0.4, 0.5) is 0 Å². The average Bonchev–Trinajstić information content (AvgIpc) is 3.34. The molecule has 0 aliphatic heterocycles. The molecular weight excluding hydrogens is 472 g/mol. The first-order valence-corrected chi connectivity index (χ1v) is 13.2. The number of ether oxygens (including phenoxy) is 2. The molecule has 0 saturated carbocycles. The van der Waals surface area contributed by atoms with Gasteiger partial charge in [-0.05, 0) is 46.9 Å². The van der Waals surface area contributed by atoms with E-state index in [1.807, 2.05) is 66.7 Å². The van der Waals surface area contributed by atoms with Crippen molar-refractivity contribution in [1.29, 1.82) is 0 Å². The van der Waals surface area contributed by atoms with Gasteiger partial charge in [0.05, 0.1) is 7.11 Å². The minimum absolute atomic E-state index is 0.390. The minimum atomic E-state index is -0.709. The molecule has 4 aromatic carbocycles. The van der Waals surface area contributed by atoms with Gasteiger partial charge in [0.2, 0.25) is 0 Å². The number of hydrogen-bond acceptors (Lipinski definition) is 4. The van der Waals surface area contributed by atoms with E-state index in [4.69, 9.17) is 13.9 Å².